The van der Waals surface area contributed by atoms with Crippen LogP contribution in [0.1, 0.15) is 71.6 Å². The van der Waals surface area contributed by atoms with E-state index in [0.29, 0.717) is 23.0 Å². The average Bonchev–Trinajstić information content (AvgIpc) is 2.89. The van der Waals surface area contributed by atoms with Crippen LogP contribution >= 0.6 is 0 Å². The maximum atomic E-state index is 6.77. The van der Waals surface area contributed by atoms with Gasteiger partial charge in [0.2, 0.25) is 0 Å². The average molecular weight is 437 g/mol. The molecule has 168 valence electrons. The summed E-state index contributed by atoms with van der Waals surface area (Å²) in [5.41, 5.74) is 1.02. The van der Waals surface area contributed by atoms with Crippen molar-refractivity contribution in [3.05, 3.63) is 0 Å². The molecule has 0 aromatic carbocycles. The molecule has 2 nitrogen and oxygen atoms in total. The van der Waals surface area contributed by atoms with Crippen molar-refractivity contribution in [2.45, 2.75) is 123 Å². The maximum absolute atomic E-state index is 6.77. The van der Waals surface area contributed by atoms with Crippen LogP contribution in [-0.2, 0) is 8.85 Å². The van der Waals surface area contributed by atoms with Crippen LogP contribution in [0.5, 0.6) is 0 Å². The first-order valence-electron chi connectivity index (χ1n) is 12.7. The number of hydrogen-bond donors (Lipinski definition) is 0. The normalized spacial score (nSPS) is 48.0. The van der Waals surface area contributed by atoms with Crippen molar-refractivity contribution in [1.82, 2.24) is 0 Å². The van der Waals surface area contributed by atoms with Gasteiger partial charge in [-0.3, -0.25) is 0 Å². The monoisotopic (exact) mass is 436 g/mol. The van der Waals surface area contributed by atoms with Crippen LogP contribution in [0.4, 0.5) is 0 Å². The molecular formula is C25H48O2Si2. The summed E-state index contributed by atoms with van der Waals surface area (Å²) in [7, 11) is -2.90. The van der Waals surface area contributed by atoms with E-state index < -0.39 is 16.6 Å². The fourth-order valence-electron chi connectivity index (χ4n) is 8.40. The summed E-state index contributed by atoms with van der Waals surface area (Å²) >= 11 is 0. The van der Waals surface area contributed by atoms with Crippen molar-refractivity contribution in [1.29, 1.82) is 0 Å². The van der Waals surface area contributed by atoms with Crippen LogP contribution in [0, 0.1) is 34.5 Å². The predicted molar refractivity (Wildman–Crippen MR) is 128 cm³/mol. The van der Waals surface area contributed by atoms with E-state index in [0.717, 1.165) is 23.7 Å². The van der Waals surface area contributed by atoms with Crippen molar-refractivity contribution in [3.63, 3.8) is 0 Å². The molecule has 4 rings (SSSR count). The lowest BCUT2D eigenvalue weighted by Crippen LogP contribution is -2.55. The molecule has 0 saturated heterocycles. The van der Waals surface area contributed by atoms with E-state index in [-0.39, 0.29) is 0 Å². The second-order valence-corrected chi connectivity index (χ2v) is 22.5. The third-order valence-corrected chi connectivity index (χ3v) is 11.6. The topological polar surface area (TPSA) is 18.5 Å². The van der Waals surface area contributed by atoms with Gasteiger partial charge in [0.1, 0.15) is 0 Å². The SMILES string of the molecule is C[C@]12CCC3C(CC[C@@H]4C[C@@H](O[Si](C)(C)C)CC[C@]34C)C1CC[C@@H]2O[Si](C)(C)C. The van der Waals surface area contributed by atoms with Crippen molar-refractivity contribution in [2.75, 3.05) is 0 Å². The van der Waals surface area contributed by atoms with E-state index >= 15 is 0 Å². The molecule has 0 N–H and O–H groups in total. The third kappa shape index (κ3) is 4.21. The van der Waals surface area contributed by atoms with Crippen LogP contribution in [-0.4, -0.2) is 28.8 Å². The summed E-state index contributed by atoms with van der Waals surface area (Å²) in [5, 5.41) is 0. The summed E-state index contributed by atoms with van der Waals surface area (Å²) in [4.78, 5) is 0. The Hall–Kier alpha value is 0.354. The standard InChI is InChI=1S/C25H48O2Si2/c1-24-15-13-19(26-28(3,4)5)17-18(24)9-10-20-21-11-12-23(27-29(6,7)8)25(21,2)16-14-22(20)24/h18-23H,9-17H2,1-8H3/t18-,19+,20?,21?,22?,23+,24+,25+/m1/s1. The molecule has 4 heteroatoms. The van der Waals surface area contributed by atoms with Gasteiger partial charge in [-0.05, 0) is 132 Å². The van der Waals surface area contributed by atoms with Crippen LogP contribution in [0.3, 0.4) is 0 Å². The first-order valence-corrected chi connectivity index (χ1v) is 19.5. The Morgan fingerprint density at radius 2 is 1.28 bits per heavy atom. The van der Waals surface area contributed by atoms with Crippen molar-refractivity contribution >= 4 is 16.6 Å². The molecule has 3 unspecified atom stereocenters. The first kappa shape index (κ1) is 22.5. The molecule has 0 aromatic rings. The molecule has 4 aliphatic carbocycles. The predicted octanol–water partition coefficient (Wildman–Crippen LogP) is 7.47. The van der Waals surface area contributed by atoms with Crippen LogP contribution in [0.15, 0.2) is 0 Å². The van der Waals surface area contributed by atoms with E-state index in [4.69, 9.17) is 8.85 Å². The molecule has 4 fully saturated rings. The first-order chi connectivity index (χ1) is 13.3. The summed E-state index contributed by atoms with van der Waals surface area (Å²) < 4.78 is 13.3. The van der Waals surface area contributed by atoms with Crippen LogP contribution in [0.25, 0.3) is 0 Å². The second-order valence-electron chi connectivity index (χ2n) is 13.6. The Morgan fingerprint density at radius 3 is 1.93 bits per heavy atom. The summed E-state index contributed by atoms with van der Waals surface area (Å²) in [6.45, 7) is 19.5. The Balaban J connectivity index is 1.49. The van der Waals surface area contributed by atoms with Gasteiger partial charge in [-0.25, -0.2) is 0 Å². The van der Waals surface area contributed by atoms with Gasteiger partial charge >= 0.3 is 0 Å². The molecule has 8 atom stereocenters. The Morgan fingerprint density at radius 1 is 0.655 bits per heavy atom. The summed E-state index contributed by atoms with van der Waals surface area (Å²) in [5.74, 6) is 3.73. The fourth-order valence-corrected chi connectivity index (χ4v) is 10.9. The molecule has 0 aromatic heterocycles. The lowest BCUT2D eigenvalue weighted by Gasteiger charge is -2.61. The molecule has 0 aliphatic heterocycles. The van der Waals surface area contributed by atoms with Crippen molar-refractivity contribution in [2.24, 2.45) is 34.5 Å². The van der Waals surface area contributed by atoms with Gasteiger partial charge in [-0.15, -0.1) is 0 Å². The molecule has 29 heavy (non-hydrogen) atoms. The zero-order valence-corrected chi connectivity index (χ0v) is 22.6. The minimum Gasteiger partial charge on any atom is -0.415 e. The van der Waals surface area contributed by atoms with E-state index in [1.165, 1.54) is 57.8 Å². The van der Waals surface area contributed by atoms with Gasteiger partial charge in [0.05, 0.1) is 6.10 Å². The van der Waals surface area contributed by atoms with Gasteiger partial charge in [-0.2, -0.15) is 0 Å². The quantitative estimate of drug-likeness (QED) is 0.425. The molecule has 0 heterocycles. The highest BCUT2D eigenvalue weighted by Crippen LogP contribution is 2.66. The molecule has 0 spiro atoms. The van der Waals surface area contributed by atoms with Crippen LogP contribution < -0.4 is 0 Å². The molecule has 0 bridgehead atoms. The van der Waals surface area contributed by atoms with Crippen molar-refractivity contribution in [3.8, 4) is 0 Å². The maximum Gasteiger partial charge on any atom is 0.184 e. The molecule has 4 aliphatic rings. The lowest BCUT2D eigenvalue weighted by atomic mass is 9.45. The van der Waals surface area contributed by atoms with Gasteiger partial charge in [0, 0.05) is 6.10 Å². The van der Waals surface area contributed by atoms with Gasteiger partial charge in [0.25, 0.3) is 0 Å². The Bertz CT molecular complexity index is 609. The highest BCUT2D eigenvalue weighted by Gasteiger charge is 2.60. The third-order valence-electron chi connectivity index (χ3n) is 9.55. The number of hydrogen-bond acceptors (Lipinski definition) is 2. The number of fused-ring (bicyclic) bond motifs is 5. The van der Waals surface area contributed by atoms with Gasteiger partial charge in [-0.1, -0.05) is 13.8 Å². The van der Waals surface area contributed by atoms with Crippen molar-refractivity contribution < 1.29 is 8.85 Å². The minimum absolute atomic E-state index is 0.447. The molecule has 0 radical (unpaired) electrons. The number of rotatable bonds is 4. The zero-order chi connectivity index (χ0) is 21.2. The van der Waals surface area contributed by atoms with E-state index in [1.54, 1.807) is 0 Å². The Labute approximate surface area is 183 Å². The van der Waals surface area contributed by atoms with Crippen LogP contribution in [0.2, 0.25) is 39.3 Å². The van der Waals surface area contributed by atoms with E-state index in [2.05, 4.69) is 53.1 Å². The highest BCUT2D eigenvalue weighted by molar-refractivity contribution is 6.70. The Kier molecular flexibility index (Phi) is 5.79. The minimum atomic E-state index is -1.47. The summed E-state index contributed by atoms with van der Waals surface area (Å²) in [6.07, 6.45) is 13.7. The molecule has 0 amide bonds. The van der Waals surface area contributed by atoms with Gasteiger partial charge in [0.15, 0.2) is 16.6 Å². The highest BCUT2D eigenvalue weighted by atomic mass is 28.4. The van der Waals surface area contributed by atoms with Gasteiger partial charge < -0.3 is 8.85 Å². The smallest absolute Gasteiger partial charge is 0.184 e. The second kappa shape index (κ2) is 7.45. The molecular weight excluding hydrogens is 388 g/mol. The zero-order valence-electron chi connectivity index (χ0n) is 20.6. The molecule has 4 saturated carbocycles. The largest absolute Gasteiger partial charge is 0.415 e. The van der Waals surface area contributed by atoms with E-state index in [9.17, 15) is 0 Å². The summed E-state index contributed by atoms with van der Waals surface area (Å²) in [6, 6.07) is 0. The van der Waals surface area contributed by atoms with E-state index in [1.807, 2.05) is 0 Å². The lowest BCUT2D eigenvalue weighted by molar-refractivity contribution is -0.130. The fraction of sp³-hybridized carbons (Fsp3) is 1.00.